The van der Waals surface area contributed by atoms with Crippen molar-refractivity contribution in [3.8, 4) is 17.2 Å². The Kier molecular flexibility index (Phi) is 8.33. The highest BCUT2D eigenvalue weighted by atomic mass is 32.2. The summed E-state index contributed by atoms with van der Waals surface area (Å²) in [7, 11) is 0. The molecule has 2 aliphatic rings. The minimum atomic E-state index is -0.452. The lowest BCUT2D eigenvalue weighted by molar-refractivity contribution is -0.114. The van der Waals surface area contributed by atoms with Gasteiger partial charge in [0.05, 0.1) is 12.2 Å². The number of para-hydroxylation sites is 1. The van der Waals surface area contributed by atoms with Crippen LogP contribution in [0.2, 0.25) is 0 Å². The van der Waals surface area contributed by atoms with E-state index in [2.05, 4.69) is 23.9 Å². The van der Waals surface area contributed by atoms with E-state index in [9.17, 15) is 4.79 Å². The van der Waals surface area contributed by atoms with Crippen LogP contribution in [-0.4, -0.2) is 46.8 Å². The molecule has 1 amide bonds. The first-order valence-corrected chi connectivity index (χ1v) is 13.2. The van der Waals surface area contributed by atoms with Crippen molar-refractivity contribution in [3.05, 3.63) is 58.7 Å². The zero-order valence-electron chi connectivity index (χ0n) is 21.8. The molecule has 194 valence electrons. The molecule has 1 N–H and O–H groups in total. The molecule has 2 aromatic rings. The zero-order valence-corrected chi connectivity index (χ0v) is 22.6. The fourth-order valence-electron chi connectivity index (χ4n) is 3.95. The molecule has 0 spiro atoms. The maximum absolute atomic E-state index is 12.7. The summed E-state index contributed by atoms with van der Waals surface area (Å²) in [5, 5.41) is 15.8. The van der Waals surface area contributed by atoms with Gasteiger partial charge in [0, 0.05) is 6.42 Å². The third kappa shape index (κ3) is 6.22. The molecule has 0 fully saturated rings. The van der Waals surface area contributed by atoms with Crippen LogP contribution in [0, 0.1) is 25.2 Å². The van der Waals surface area contributed by atoms with Crippen molar-refractivity contribution in [3.63, 3.8) is 0 Å². The van der Waals surface area contributed by atoms with Crippen LogP contribution in [0.15, 0.2) is 52.1 Å². The van der Waals surface area contributed by atoms with Crippen molar-refractivity contribution in [1.82, 2.24) is 5.01 Å². The van der Waals surface area contributed by atoms with Crippen LogP contribution in [0.4, 0.5) is 0 Å². The Balaban J connectivity index is 1.47. The number of aryl methyl sites for hydroxylation is 2. The molecule has 0 saturated carbocycles. The number of carbonyl (C=O) groups is 1. The first-order chi connectivity index (χ1) is 17.8. The predicted octanol–water partition coefficient (Wildman–Crippen LogP) is 5.83. The Labute approximate surface area is 221 Å². The Hall–Kier alpha value is -3.59. The maximum atomic E-state index is 12.7. The molecule has 0 bridgehead atoms. The number of fused-ring (bicyclic) bond motifs is 1. The second-order valence-corrected chi connectivity index (χ2v) is 10.2. The first kappa shape index (κ1) is 26.5. The van der Waals surface area contributed by atoms with Crippen molar-refractivity contribution in [2.45, 2.75) is 41.0 Å². The number of ether oxygens (including phenoxy) is 3. The number of hydrogen-bond donors (Lipinski definition) is 1. The Morgan fingerprint density at radius 3 is 2.49 bits per heavy atom. The molecule has 0 aromatic heterocycles. The fraction of sp³-hybridized carbons (Fsp3) is 0.357. The van der Waals surface area contributed by atoms with E-state index >= 15 is 0 Å². The highest BCUT2D eigenvalue weighted by Crippen LogP contribution is 2.33. The van der Waals surface area contributed by atoms with Gasteiger partial charge in [0.1, 0.15) is 24.0 Å². The van der Waals surface area contributed by atoms with Crippen molar-refractivity contribution >= 4 is 39.8 Å². The lowest BCUT2D eigenvalue weighted by Crippen LogP contribution is -2.35. The fourth-order valence-corrected chi connectivity index (χ4v) is 5.05. The molecule has 2 aliphatic heterocycles. The molecule has 4 rings (SSSR count). The summed E-state index contributed by atoms with van der Waals surface area (Å²) in [5.41, 5.74) is 3.05. The lowest BCUT2D eigenvalue weighted by atomic mass is 10.1. The zero-order chi connectivity index (χ0) is 26.5. The van der Waals surface area contributed by atoms with Gasteiger partial charge in [-0.25, -0.2) is 0 Å². The van der Waals surface area contributed by atoms with Crippen molar-refractivity contribution < 1.29 is 19.0 Å². The van der Waals surface area contributed by atoms with Crippen LogP contribution in [0.25, 0.3) is 6.08 Å². The van der Waals surface area contributed by atoms with Gasteiger partial charge in [-0.2, -0.15) is 15.1 Å². The molecule has 0 aliphatic carbocycles. The molecule has 0 unspecified atom stereocenters. The van der Waals surface area contributed by atoms with Gasteiger partial charge in [0.2, 0.25) is 5.17 Å². The van der Waals surface area contributed by atoms with E-state index < -0.39 is 5.91 Å². The number of rotatable bonds is 10. The maximum Gasteiger partial charge on any atom is 0.283 e. The summed E-state index contributed by atoms with van der Waals surface area (Å²) in [6, 6.07) is 11.5. The number of benzene rings is 2. The lowest BCUT2D eigenvalue weighted by Gasteiger charge is -2.20. The van der Waals surface area contributed by atoms with Crippen molar-refractivity contribution in [1.29, 1.82) is 5.41 Å². The highest BCUT2D eigenvalue weighted by molar-refractivity contribution is 8.26. The number of hydrazone groups is 1. The van der Waals surface area contributed by atoms with Crippen LogP contribution in [0.3, 0.4) is 0 Å². The third-order valence-corrected chi connectivity index (χ3v) is 6.58. The SMILES string of the molecule is CCOc1cc(C=C2C(=N)N3N=C(CC(C)C)SC3=NC2=O)ccc1OCCOc1c(C)cccc1C. The summed E-state index contributed by atoms with van der Waals surface area (Å²) in [5.74, 6) is 2.00. The minimum Gasteiger partial charge on any atom is -0.490 e. The number of amides is 1. The molecule has 2 heterocycles. The molecule has 0 atom stereocenters. The van der Waals surface area contributed by atoms with Gasteiger partial charge in [-0.1, -0.05) is 38.1 Å². The van der Waals surface area contributed by atoms with Crippen LogP contribution in [0.5, 0.6) is 17.2 Å². The Bertz CT molecular complexity index is 1280. The van der Waals surface area contributed by atoms with E-state index in [1.807, 2.05) is 45.0 Å². The average Bonchev–Trinajstić information content (AvgIpc) is 3.23. The molecule has 9 heteroatoms. The van der Waals surface area contributed by atoms with E-state index in [0.717, 1.165) is 28.3 Å². The molecule has 37 heavy (non-hydrogen) atoms. The second kappa shape index (κ2) is 11.6. The number of carbonyl (C=O) groups excluding carboxylic acids is 1. The highest BCUT2D eigenvalue weighted by Gasteiger charge is 2.35. The number of thioether (sulfide) groups is 1. The van der Waals surface area contributed by atoms with Crippen LogP contribution in [-0.2, 0) is 4.79 Å². The van der Waals surface area contributed by atoms with Crippen molar-refractivity contribution in [2.75, 3.05) is 19.8 Å². The Morgan fingerprint density at radius 2 is 1.78 bits per heavy atom. The van der Waals surface area contributed by atoms with Gasteiger partial charge >= 0.3 is 0 Å². The summed E-state index contributed by atoms with van der Waals surface area (Å²) in [6.07, 6.45) is 2.41. The molecular formula is C28H32N4O4S. The molecule has 2 aromatic carbocycles. The molecule has 8 nitrogen and oxygen atoms in total. The van der Waals surface area contributed by atoms with Crippen LogP contribution in [0.1, 0.15) is 43.9 Å². The van der Waals surface area contributed by atoms with Gasteiger partial charge in [-0.05, 0) is 73.4 Å². The number of aliphatic imine (C=N–C) groups is 1. The topological polar surface area (TPSA) is 96.6 Å². The first-order valence-electron chi connectivity index (χ1n) is 12.3. The quantitative estimate of drug-likeness (QED) is 0.313. The monoisotopic (exact) mass is 520 g/mol. The predicted molar refractivity (Wildman–Crippen MR) is 149 cm³/mol. The summed E-state index contributed by atoms with van der Waals surface area (Å²) >= 11 is 1.35. The largest absolute Gasteiger partial charge is 0.490 e. The van der Waals surface area contributed by atoms with Crippen LogP contribution >= 0.6 is 11.8 Å². The van der Waals surface area contributed by atoms with E-state index in [0.29, 0.717) is 48.0 Å². The molecular weight excluding hydrogens is 488 g/mol. The van der Waals surface area contributed by atoms with Gasteiger partial charge in [-0.3, -0.25) is 10.2 Å². The summed E-state index contributed by atoms with van der Waals surface area (Å²) < 4.78 is 17.7. The van der Waals surface area contributed by atoms with E-state index in [-0.39, 0.29) is 11.4 Å². The number of hydrogen-bond acceptors (Lipinski definition) is 7. The Morgan fingerprint density at radius 1 is 1.05 bits per heavy atom. The average molecular weight is 521 g/mol. The second-order valence-electron chi connectivity index (χ2n) is 9.17. The smallest absolute Gasteiger partial charge is 0.283 e. The third-order valence-electron chi connectivity index (χ3n) is 5.65. The van der Waals surface area contributed by atoms with E-state index in [1.165, 1.54) is 16.8 Å². The number of amidine groups is 2. The molecule has 0 saturated heterocycles. The normalized spacial score (nSPS) is 16.2. The minimum absolute atomic E-state index is 0.0168. The van der Waals surface area contributed by atoms with Crippen LogP contribution < -0.4 is 14.2 Å². The van der Waals surface area contributed by atoms with Crippen molar-refractivity contribution in [2.24, 2.45) is 16.0 Å². The summed E-state index contributed by atoms with van der Waals surface area (Å²) in [6.45, 7) is 11.3. The number of nitrogens with one attached hydrogen (secondary N) is 1. The van der Waals surface area contributed by atoms with E-state index in [1.54, 1.807) is 18.2 Å². The molecule has 0 radical (unpaired) electrons. The standard InChI is InChI=1S/C28H32N4O4S/c1-6-34-23-16-20(10-11-22(23)35-12-13-36-25-18(4)8-7-9-19(25)5)15-21-26(29)32-28(30-27(21)33)37-24(31-32)14-17(2)3/h7-11,15-17,29H,6,12-14H2,1-5H3. The van der Waals surface area contributed by atoms with Gasteiger partial charge in [0.25, 0.3) is 5.91 Å². The van der Waals surface area contributed by atoms with Gasteiger partial charge < -0.3 is 14.2 Å². The van der Waals surface area contributed by atoms with Gasteiger partial charge in [-0.15, -0.1) is 0 Å². The van der Waals surface area contributed by atoms with E-state index in [4.69, 9.17) is 19.6 Å². The van der Waals surface area contributed by atoms with Gasteiger partial charge in [0.15, 0.2) is 17.3 Å². The summed E-state index contributed by atoms with van der Waals surface area (Å²) in [4.78, 5) is 16.9. The number of nitrogens with zero attached hydrogens (tertiary/aromatic N) is 3.